The van der Waals surface area contributed by atoms with Gasteiger partial charge in [-0.05, 0) is 54.3 Å². The molecule has 4 aromatic rings. The molecule has 6 rings (SSSR count). The van der Waals surface area contributed by atoms with Crippen molar-refractivity contribution in [3.63, 3.8) is 0 Å². The number of carbonyl (C=O) groups excluding carboxylic acids is 1. The summed E-state index contributed by atoms with van der Waals surface area (Å²) in [5.74, 6) is 0.304. The van der Waals surface area contributed by atoms with Crippen LogP contribution in [0.3, 0.4) is 0 Å². The van der Waals surface area contributed by atoms with E-state index in [1.165, 1.54) is 6.26 Å². The average molecular weight is 465 g/mol. The number of ether oxygens (including phenoxy) is 1. The molecule has 3 aromatic carbocycles. The number of anilines is 1. The summed E-state index contributed by atoms with van der Waals surface area (Å²) in [7, 11) is 1.64. The van der Waals surface area contributed by atoms with Crippen molar-refractivity contribution in [3.8, 4) is 5.75 Å². The van der Waals surface area contributed by atoms with E-state index in [0.29, 0.717) is 29.4 Å². The molecular weight excluding hydrogens is 440 g/mol. The first-order chi connectivity index (χ1) is 17.1. The van der Waals surface area contributed by atoms with E-state index in [-0.39, 0.29) is 17.1 Å². The molecule has 3 atom stereocenters. The Kier molecular flexibility index (Phi) is 5.21. The van der Waals surface area contributed by atoms with Gasteiger partial charge in [0, 0.05) is 12.1 Å². The molecule has 1 fully saturated rings. The smallest absolute Gasteiger partial charge is 0.197 e. The standard InChI is InChI=1S/C29H24N2O4/c1-34-19-12-10-17(11-13-19)18-14-24-27(25(32)15-18)28(31-23-8-4-3-7-22(23)30-24)21-16-35-26-9-5-2-6-20(26)29(21)33/h2-13,16,18,27-28,31H,14-15H2,1H3. The second kappa shape index (κ2) is 8.55. The van der Waals surface area contributed by atoms with Gasteiger partial charge >= 0.3 is 0 Å². The molecule has 1 aliphatic heterocycles. The fourth-order valence-corrected chi connectivity index (χ4v) is 5.28. The number of methoxy groups -OCH3 is 1. The highest BCUT2D eigenvalue weighted by molar-refractivity contribution is 6.11. The Morgan fingerprint density at radius 3 is 2.54 bits per heavy atom. The Balaban J connectivity index is 1.46. The molecule has 0 amide bonds. The molecule has 0 saturated heterocycles. The quantitative estimate of drug-likeness (QED) is 0.414. The lowest BCUT2D eigenvalue weighted by Crippen LogP contribution is -2.40. The highest BCUT2D eigenvalue weighted by atomic mass is 16.5. The molecule has 1 saturated carbocycles. The number of nitrogens with one attached hydrogen (secondary N) is 1. The Bertz CT molecular complexity index is 1520. The second-order valence-corrected chi connectivity index (χ2v) is 9.08. The minimum Gasteiger partial charge on any atom is -0.497 e. The molecule has 1 aromatic heterocycles. The third-order valence-electron chi connectivity index (χ3n) is 7.05. The maximum Gasteiger partial charge on any atom is 0.197 e. The van der Waals surface area contributed by atoms with Gasteiger partial charge in [-0.3, -0.25) is 14.6 Å². The van der Waals surface area contributed by atoms with Gasteiger partial charge in [-0.1, -0.05) is 36.4 Å². The van der Waals surface area contributed by atoms with E-state index in [9.17, 15) is 9.59 Å². The third-order valence-corrected chi connectivity index (χ3v) is 7.05. The molecule has 2 heterocycles. The number of para-hydroxylation sites is 3. The monoisotopic (exact) mass is 464 g/mol. The first-order valence-corrected chi connectivity index (χ1v) is 11.7. The topological polar surface area (TPSA) is 80.9 Å². The zero-order valence-corrected chi connectivity index (χ0v) is 19.2. The molecule has 0 spiro atoms. The van der Waals surface area contributed by atoms with Crippen LogP contribution < -0.4 is 15.5 Å². The van der Waals surface area contributed by atoms with Gasteiger partial charge in [0.25, 0.3) is 0 Å². The lowest BCUT2D eigenvalue weighted by atomic mass is 9.72. The summed E-state index contributed by atoms with van der Waals surface area (Å²) in [5, 5.41) is 3.97. The van der Waals surface area contributed by atoms with E-state index in [1.807, 2.05) is 60.7 Å². The maximum atomic E-state index is 13.7. The molecule has 1 N–H and O–H groups in total. The summed E-state index contributed by atoms with van der Waals surface area (Å²) in [6.07, 6.45) is 2.51. The van der Waals surface area contributed by atoms with Crippen molar-refractivity contribution < 1.29 is 13.9 Å². The molecule has 3 unspecified atom stereocenters. The summed E-state index contributed by atoms with van der Waals surface area (Å²) in [6.45, 7) is 0. The van der Waals surface area contributed by atoms with Crippen LogP contribution in [0.25, 0.3) is 11.0 Å². The highest BCUT2D eigenvalue weighted by Crippen LogP contribution is 2.43. The molecule has 35 heavy (non-hydrogen) atoms. The van der Waals surface area contributed by atoms with Gasteiger partial charge in [0.1, 0.15) is 23.4 Å². The van der Waals surface area contributed by atoms with Gasteiger partial charge in [-0.2, -0.15) is 0 Å². The Morgan fingerprint density at radius 1 is 0.943 bits per heavy atom. The van der Waals surface area contributed by atoms with E-state index in [0.717, 1.165) is 28.4 Å². The van der Waals surface area contributed by atoms with E-state index in [4.69, 9.17) is 14.1 Å². The molecule has 1 aliphatic carbocycles. The molecule has 0 bridgehead atoms. The molecule has 0 radical (unpaired) electrons. The summed E-state index contributed by atoms with van der Waals surface area (Å²) < 4.78 is 11.1. The number of fused-ring (bicyclic) bond motifs is 3. The predicted octanol–water partition coefficient (Wildman–Crippen LogP) is 5.80. The summed E-state index contributed by atoms with van der Waals surface area (Å²) in [6, 6.07) is 22.2. The van der Waals surface area contributed by atoms with Gasteiger partial charge in [0.2, 0.25) is 0 Å². The fourth-order valence-electron chi connectivity index (χ4n) is 5.28. The Hall–Kier alpha value is -4.19. The van der Waals surface area contributed by atoms with Crippen LogP contribution >= 0.6 is 0 Å². The number of carbonyl (C=O) groups is 1. The number of nitrogens with zero attached hydrogens (tertiary/aromatic N) is 1. The van der Waals surface area contributed by atoms with E-state index < -0.39 is 12.0 Å². The van der Waals surface area contributed by atoms with Crippen LogP contribution in [0, 0.1) is 5.92 Å². The highest BCUT2D eigenvalue weighted by Gasteiger charge is 2.42. The van der Waals surface area contributed by atoms with Crippen LogP contribution in [-0.2, 0) is 4.79 Å². The zero-order valence-electron chi connectivity index (χ0n) is 19.2. The van der Waals surface area contributed by atoms with Crippen LogP contribution in [0.2, 0.25) is 0 Å². The van der Waals surface area contributed by atoms with Gasteiger partial charge in [0.05, 0.1) is 41.4 Å². The van der Waals surface area contributed by atoms with Crippen molar-refractivity contribution >= 4 is 33.8 Å². The molecule has 2 aliphatic rings. The van der Waals surface area contributed by atoms with E-state index in [1.54, 1.807) is 19.2 Å². The number of rotatable bonds is 3. The number of hydrogen-bond donors (Lipinski definition) is 1. The minimum atomic E-state index is -0.567. The van der Waals surface area contributed by atoms with Crippen LogP contribution in [0.5, 0.6) is 5.75 Å². The summed E-state index contributed by atoms with van der Waals surface area (Å²) >= 11 is 0. The second-order valence-electron chi connectivity index (χ2n) is 9.08. The average Bonchev–Trinajstić information content (AvgIpc) is 3.06. The normalized spacial score (nSPS) is 21.3. The van der Waals surface area contributed by atoms with Gasteiger partial charge < -0.3 is 14.5 Å². The van der Waals surface area contributed by atoms with Crippen molar-refractivity contribution in [2.75, 3.05) is 12.4 Å². The molecular formula is C29H24N2O4. The molecule has 6 heteroatoms. The Labute approximate surface area is 202 Å². The van der Waals surface area contributed by atoms with E-state index in [2.05, 4.69) is 5.32 Å². The first-order valence-electron chi connectivity index (χ1n) is 11.7. The lowest BCUT2D eigenvalue weighted by Gasteiger charge is -2.33. The summed E-state index contributed by atoms with van der Waals surface area (Å²) in [5.41, 5.74) is 4.26. The number of benzene rings is 3. The van der Waals surface area contributed by atoms with Gasteiger partial charge in [-0.15, -0.1) is 0 Å². The summed E-state index contributed by atoms with van der Waals surface area (Å²) in [4.78, 5) is 32.2. The molecule has 174 valence electrons. The number of Topliss-reactive ketones (excluding diaryl/α,β-unsaturated/α-hetero) is 1. The van der Waals surface area contributed by atoms with Crippen molar-refractivity contribution in [2.45, 2.75) is 24.8 Å². The van der Waals surface area contributed by atoms with Crippen molar-refractivity contribution in [1.29, 1.82) is 0 Å². The lowest BCUT2D eigenvalue weighted by molar-refractivity contribution is -0.122. The van der Waals surface area contributed by atoms with Crippen LogP contribution in [0.4, 0.5) is 11.4 Å². The van der Waals surface area contributed by atoms with Crippen LogP contribution in [0.15, 0.2) is 93.3 Å². The first kappa shape index (κ1) is 21.4. The predicted molar refractivity (Wildman–Crippen MR) is 136 cm³/mol. The van der Waals surface area contributed by atoms with Crippen LogP contribution in [-0.4, -0.2) is 18.6 Å². The zero-order chi connectivity index (χ0) is 23.9. The van der Waals surface area contributed by atoms with Crippen LogP contribution in [0.1, 0.15) is 35.9 Å². The van der Waals surface area contributed by atoms with Crippen molar-refractivity contribution in [2.24, 2.45) is 10.9 Å². The van der Waals surface area contributed by atoms with Crippen molar-refractivity contribution in [1.82, 2.24) is 0 Å². The largest absolute Gasteiger partial charge is 0.497 e. The van der Waals surface area contributed by atoms with Crippen molar-refractivity contribution in [3.05, 3.63) is 100 Å². The SMILES string of the molecule is COc1ccc(C2CC(=O)C3C(=Nc4ccccc4NC3c3coc4ccccc4c3=O)C2)cc1. The maximum absolute atomic E-state index is 13.7. The number of ketones is 1. The third kappa shape index (κ3) is 3.71. The van der Waals surface area contributed by atoms with Gasteiger partial charge in [-0.25, -0.2) is 0 Å². The number of hydrogen-bond acceptors (Lipinski definition) is 6. The van der Waals surface area contributed by atoms with Gasteiger partial charge in [0.15, 0.2) is 5.43 Å². The minimum absolute atomic E-state index is 0.0160. The number of aliphatic imine (C=N–C) groups is 1. The molecule has 6 nitrogen and oxygen atoms in total. The van der Waals surface area contributed by atoms with E-state index >= 15 is 0 Å². The Morgan fingerprint density at radius 2 is 1.71 bits per heavy atom. The fraction of sp³-hybridized carbons (Fsp3) is 0.207.